The molecule has 174 valence electrons. The number of nitrogens with zero attached hydrogens (tertiary/aromatic N) is 2. The molecule has 0 aromatic heterocycles. The average Bonchev–Trinajstić information content (AvgIpc) is 2.86. The zero-order valence-electron chi connectivity index (χ0n) is 19.6. The van der Waals surface area contributed by atoms with Gasteiger partial charge in [0.1, 0.15) is 0 Å². The van der Waals surface area contributed by atoms with Crippen molar-refractivity contribution in [2.75, 3.05) is 6.54 Å². The SMILES string of the molecule is CCCCN(Cc1ccc(-c2ccccc2C#N)cc1)C(=O)CCC1(C(=O)O)CCCCC1. The van der Waals surface area contributed by atoms with E-state index < -0.39 is 11.4 Å². The first-order chi connectivity index (χ1) is 16.0. The predicted octanol–water partition coefficient (Wildman–Crippen LogP) is 6.17. The van der Waals surface area contributed by atoms with Crippen molar-refractivity contribution in [1.29, 1.82) is 5.26 Å². The summed E-state index contributed by atoms with van der Waals surface area (Å²) in [5.41, 5.74) is 2.81. The van der Waals surface area contributed by atoms with Gasteiger partial charge in [-0.15, -0.1) is 0 Å². The summed E-state index contributed by atoms with van der Waals surface area (Å²) < 4.78 is 0. The molecule has 1 aliphatic rings. The summed E-state index contributed by atoms with van der Waals surface area (Å²) in [5, 5.41) is 19.2. The Morgan fingerprint density at radius 2 is 1.76 bits per heavy atom. The van der Waals surface area contributed by atoms with Crippen LogP contribution in [0.4, 0.5) is 0 Å². The molecule has 0 atom stereocenters. The van der Waals surface area contributed by atoms with Gasteiger partial charge >= 0.3 is 5.97 Å². The van der Waals surface area contributed by atoms with E-state index in [-0.39, 0.29) is 12.3 Å². The Labute approximate surface area is 197 Å². The highest BCUT2D eigenvalue weighted by Gasteiger charge is 2.39. The third-order valence-corrected chi connectivity index (χ3v) is 6.90. The zero-order chi connectivity index (χ0) is 23.7. The molecule has 0 aliphatic heterocycles. The highest BCUT2D eigenvalue weighted by Crippen LogP contribution is 2.40. The van der Waals surface area contributed by atoms with Gasteiger partial charge in [-0.3, -0.25) is 9.59 Å². The van der Waals surface area contributed by atoms with E-state index in [0.29, 0.717) is 37.9 Å². The number of aliphatic carboxylic acids is 1. The largest absolute Gasteiger partial charge is 0.481 e. The smallest absolute Gasteiger partial charge is 0.309 e. The van der Waals surface area contributed by atoms with Crippen molar-refractivity contribution in [3.63, 3.8) is 0 Å². The lowest BCUT2D eigenvalue weighted by Gasteiger charge is -2.33. The van der Waals surface area contributed by atoms with Crippen LogP contribution in [0.5, 0.6) is 0 Å². The first-order valence-electron chi connectivity index (χ1n) is 12.1. The number of hydrogen-bond donors (Lipinski definition) is 1. The quantitative estimate of drug-likeness (QED) is 0.473. The van der Waals surface area contributed by atoms with Crippen molar-refractivity contribution in [3.8, 4) is 17.2 Å². The minimum Gasteiger partial charge on any atom is -0.481 e. The van der Waals surface area contributed by atoms with E-state index in [0.717, 1.165) is 48.8 Å². The Morgan fingerprint density at radius 3 is 2.39 bits per heavy atom. The molecule has 2 aromatic carbocycles. The van der Waals surface area contributed by atoms with Crippen LogP contribution < -0.4 is 0 Å². The highest BCUT2D eigenvalue weighted by atomic mass is 16.4. The second kappa shape index (κ2) is 11.7. The number of carbonyl (C=O) groups excluding carboxylic acids is 1. The van der Waals surface area contributed by atoms with Crippen molar-refractivity contribution < 1.29 is 14.7 Å². The van der Waals surface area contributed by atoms with Gasteiger partial charge in [0.05, 0.1) is 17.0 Å². The number of carboxylic acids is 1. The Balaban J connectivity index is 1.69. The number of benzene rings is 2. The minimum atomic E-state index is -0.747. The predicted molar refractivity (Wildman–Crippen MR) is 129 cm³/mol. The maximum absolute atomic E-state index is 13.1. The molecular formula is C28H34N2O3. The number of nitriles is 1. The molecule has 3 rings (SSSR count). The fourth-order valence-electron chi connectivity index (χ4n) is 4.79. The van der Waals surface area contributed by atoms with Crippen LogP contribution in [0.3, 0.4) is 0 Å². The lowest BCUT2D eigenvalue weighted by molar-refractivity contribution is -0.152. The van der Waals surface area contributed by atoms with Gasteiger partial charge in [0.15, 0.2) is 0 Å². The van der Waals surface area contributed by atoms with E-state index in [2.05, 4.69) is 13.0 Å². The molecule has 5 nitrogen and oxygen atoms in total. The van der Waals surface area contributed by atoms with Crippen LogP contribution >= 0.6 is 0 Å². The molecule has 0 heterocycles. The van der Waals surface area contributed by atoms with Crippen LogP contribution in [0, 0.1) is 16.7 Å². The first kappa shape index (κ1) is 24.5. The van der Waals surface area contributed by atoms with E-state index in [1.165, 1.54) is 0 Å². The van der Waals surface area contributed by atoms with Gasteiger partial charge in [-0.2, -0.15) is 5.26 Å². The molecule has 1 amide bonds. The number of amides is 1. The van der Waals surface area contributed by atoms with E-state index in [9.17, 15) is 20.0 Å². The molecule has 2 aromatic rings. The Bertz CT molecular complexity index is 985. The van der Waals surface area contributed by atoms with Gasteiger partial charge < -0.3 is 10.0 Å². The van der Waals surface area contributed by atoms with Gasteiger partial charge in [0.2, 0.25) is 5.91 Å². The van der Waals surface area contributed by atoms with Crippen LogP contribution in [-0.4, -0.2) is 28.4 Å². The summed E-state index contributed by atoms with van der Waals surface area (Å²) in [4.78, 5) is 27.0. The van der Waals surface area contributed by atoms with E-state index >= 15 is 0 Å². The molecule has 33 heavy (non-hydrogen) atoms. The van der Waals surface area contributed by atoms with E-state index in [1.54, 1.807) is 0 Å². The lowest BCUT2D eigenvalue weighted by Crippen LogP contribution is -2.37. The summed E-state index contributed by atoms with van der Waals surface area (Å²) in [5.74, 6) is -0.711. The molecule has 0 spiro atoms. The average molecular weight is 447 g/mol. The molecule has 1 saturated carbocycles. The third kappa shape index (κ3) is 6.22. The third-order valence-electron chi connectivity index (χ3n) is 6.90. The van der Waals surface area contributed by atoms with Crippen LogP contribution in [0.15, 0.2) is 48.5 Å². The van der Waals surface area contributed by atoms with E-state index in [4.69, 9.17) is 0 Å². The van der Waals surface area contributed by atoms with Gasteiger partial charge in [-0.1, -0.05) is 75.1 Å². The normalized spacial score (nSPS) is 14.9. The second-order valence-corrected chi connectivity index (χ2v) is 9.17. The van der Waals surface area contributed by atoms with Gasteiger partial charge in [-0.05, 0) is 48.4 Å². The standard InChI is InChI=1S/C28H34N2O3/c1-2-3-19-30(26(31)15-18-28(27(32)33)16-7-4-8-17-28)21-22-11-13-23(14-12-22)25-10-6-5-9-24(25)20-29/h5-6,9-14H,2-4,7-8,15-19,21H2,1H3,(H,32,33). The van der Waals surface area contributed by atoms with Crippen LogP contribution in [0.1, 0.15) is 75.8 Å². The molecule has 0 unspecified atom stereocenters. The maximum Gasteiger partial charge on any atom is 0.309 e. The molecule has 0 radical (unpaired) electrons. The van der Waals surface area contributed by atoms with Crippen molar-refractivity contribution in [3.05, 3.63) is 59.7 Å². The molecule has 1 N–H and O–H groups in total. The summed E-state index contributed by atoms with van der Waals surface area (Å²) >= 11 is 0. The van der Waals surface area contributed by atoms with Crippen LogP contribution in [-0.2, 0) is 16.1 Å². The van der Waals surface area contributed by atoms with Gasteiger partial charge in [0, 0.05) is 19.5 Å². The fourth-order valence-corrected chi connectivity index (χ4v) is 4.79. The molecular weight excluding hydrogens is 412 g/mol. The number of unbranched alkanes of at least 4 members (excludes halogenated alkanes) is 1. The van der Waals surface area contributed by atoms with Crippen molar-refractivity contribution in [2.45, 2.75) is 71.3 Å². The summed E-state index contributed by atoms with van der Waals surface area (Å²) in [6.45, 7) is 3.29. The highest BCUT2D eigenvalue weighted by molar-refractivity contribution is 5.79. The number of hydrogen-bond acceptors (Lipinski definition) is 3. The molecule has 1 aliphatic carbocycles. The summed E-state index contributed by atoms with van der Waals surface area (Å²) in [6.07, 6.45) is 6.92. The molecule has 0 saturated heterocycles. The number of rotatable bonds is 10. The Morgan fingerprint density at radius 1 is 1.06 bits per heavy atom. The Kier molecular flexibility index (Phi) is 8.65. The molecule has 1 fully saturated rings. The minimum absolute atomic E-state index is 0.0357. The molecule has 5 heteroatoms. The summed E-state index contributed by atoms with van der Waals surface area (Å²) in [6, 6.07) is 17.8. The number of carbonyl (C=O) groups is 2. The van der Waals surface area contributed by atoms with Crippen molar-refractivity contribution in [1.82, 2.24) is 4.90 Å². The topological polar surface area (TPSA) is 81.4 Å². The van der Waals surface area contributed by atoms with Gasteiger partial charge in [0.25, 0.3) is 0 Å². The summed E-state index contributed by atoms with van der Waals surface area (Å²) in [7, 11) is 0. The van der Waals surface area contributed by atoms with Crippen LogP contribution in [0.25, 0.3) is 11.1 Å². The van der Waals surface area contributed by atoms with Crippen LogP contribution in [0.2, 0.25) is 0 Å². The number of carboxylic acid groups (broad SMARTS) is 1. The second-order valence-electron chi connectivity index (χ2n) is 9.17. The maximum atomic E-state index is 13.1. The Hall–Kier alpha value is -3.13. The van der Waals surface area contributed by atoms with E-state index in [1.807, 2.05) is 53.4 Å². The van der Waals surface area contributed by atoms with Crippen molar-refractivity contribution >= 4 is 11.9 Å². The first-order valence-corrected chi connectivity index (χ1v) is 12.1. The monoisotopic (exact) mass is 446 g/mol. The van der Waals surface area contributed by atoms with Crippen molar-refractivity contribution in [2.24, 2.45) is 5.41 Å². The zero-order valence-corrected chi connectivity index (χ0v) is 19.6. The molecule has 0 bridgehead atoms. The lowest BCUT2D eigenvalue weighted by atomic mass is 9.71. The fraction of sp³-hybridized carbons (Fsp3) is 0.464. The van der Waals surface area contributed by atoms with Gasteiger partial charge in [-0.25, -0.2) is 0 Å².